The Hall–Kier alpha value is -3.63. The van der Waals surface area contributed by atoms with Gasteiger partial charge in [-0.1, -0.05) is 74.0 Å². The van der Waals surface area contributed by atoms with Crippen LogP contribution in [0.5, 0.6) is 0 Å². The van der Waals surface area contributed by atoms with Crippen molar-refractivity contribution in [1.82, 2.24) is 4.98 Å². The van der Waals surface area contributed by atoms with Crippen molar-refractivity contribution in [3.05, 3.63) is 112 Å². The molecule has 0 fully saturated rings. The summed E-state index contributed by atoms with van der Waals surface area (Å²) in [4.78, 5) is 14.4. The molecule has 172 valence electrons. The van der Waals surface area contributed by atoms with Crippen molar-refractivity contribution < 1.29 is 14.3 Å². The minimum absolute atomic E-state index is 0.327. The number of hydrogen-bond donors (Lipinski definition) is 2. The molecule has 0 aliphatic heterocycles. The fourth-order valence-corrected chi connectivity index (χ4v) is 4.40. The minimum Gasteiger partial charge on any atom is -0.478 e. The van der Waals surface area contributed by atoms with E-state index in [2.05, 4.69) is 31.0 Å². The first kappa shape index (κ1) is 23.5. The number of aromatic amines is 1. The van der Waals surface area contributed by atoms with Crippen LogP contribution in [0.4, 0.5) is 4.39 Å². The SMILES string of the molecule is CC(C)C/C(=C(/c1ccc(/C=C/C(=O)O)cc1)c1cc2ccccc2[nH]1)c1ccc(F)cc1Cl. The van der Waals surface area contributed by atoms with Gasteiger partial charge in [0.05, 0.1) is 5.02 Å². The number of para-hydroxylation sites is 1. The number of carboxylic acid groups (broad SMARTS) is 1. The van der Waals surface area contributed by atoms with Crippen molar-refractivity contribution in [3.63, 3.8) is 0 Å². The molecule has 0 bridgehead atoms. The van der Waals surface area contributed by atoms with Gasteiger partial charge in [-0.15, -0.1) is 0 Å². The molecule has 0 unspecified atom stereocenters. The summed E-state index contributed by atoms with van der Waals surface area (Å²) < 4.78 is 13.9. The zero-order valence-electron chi connectivity index (χ0n) is 19.0. The molecule has 34 heavy (non-hydrogen) atoms. The Labute approximate surface area is 203 Å². The number of carbonyl (C=O) groups is 1. The molecule has 5 heteroatoms. The van der Waals surface area contributed by atoms with E-state index in [0.717, 1.165) is 56.9 Å². The number of carboxylic acids is 1. The van der Waals surface area contributed by atoms with Gasteiger partial charge < -0.3 is 10.1 Å². The number of fused-ring (bicyclic) bond motifs is 1. The number of nitrogens with one attached hydrogen (secondary N) is 1. The van der Waals surface area contributed by atoms with Crippen LogP contribution in [-0.2, 0) is 4.79 Å². The van der Waals surface area contributed by atoms with E-state index in [1.54, 1.807) is 12.1 Å². The molecular formula is C29H25ClFNO2. The van der Waals surface area contributed by atoms with Gasteiger partial charge in [0.15, 0.2) is 0 Å². The molecule has 1 aromatic heterocycles. The van der Waals surface area contributed by atoms with Crippen LogP contribution >= 0.6 is 11.6 Å². The lowest BCUT2D eigenvalue weighted by Crippen LogP contribution is -2.00. The van der Waals surface area contributed by atoms with Crippen LogP contribution in [-0.4, -0.2) is 16.1 Å². The first-order valence-electron chi connectivity index (χ1n) is 11.1. The summed E-state index contributed by atoms with van der Waals surface area (Å²) in [6.07, 6.45) is 3.41. The lowest BCUT2D eigenvalue weighted by Gasteiger charge is -2.19. The Kier molecular flexibility index (Phi) is 6.99. The van der Waals surface area contributed by atoms with Crippen LogP contribution in [0.25, 0.3) is 28.1 Å². The van der Waals surface area contributed by atoms with Crippen molar-refractivity contribution in [2.75, 3.05) is 0 Å². The van der Waals surface area contributed by atoms with Crippen molar-refractivity contribution in [2.24, 2.45) is 5.92 Å². The third-order valence-corrected chi connectivity index (χ3v) is 5.90. The normalized spacial score (nSPS) is 12.5. The second-order valence-corrected chi connectivity index (χ2v) is 9.05. The van der Waals surface area contributed by atoms with E-state index >= 15 is 0 Å². The molecular weight excluding hydrogens is 449 g/mol. The number of aromatic nitrogens is 1. The Morgan fingerprint density at radius 2 is 1.79 bits per heavy atom. The van der Waals surface area contributed by atoms with Gasteiger partial charge in [-0.2, -0.15) is 0 Å². The summed E-state index contributed by atoms with van der Waals surface area (Å²) in [6.45, 7) is 4.28. The zero-order valence-corrected chi connectivity index (χ0v) is 19.7. The van der Waals surface area contributed by atoms with E-state index < -0.39 is 5.97 Å². The van der Waals surface area contributed by atoms with E-state index in [-0.39, 0.29) is 5.82 Å². The fourth-order valence-electron chi connectivity index (χ4n) is 4.12. The second kappa shape index (κ2) is 10.1. The summed E-state index contributed by atoms with van der Waals surface area (Å²) >= 11 is 6.55. The number of halogens is 2. The third kappa shape index (κ3) is 5.29. The Bertz CT molecular complexity index is 1360. The first-order valence-corrected chi connectivity index (χ1v) is 11.5. The number of benzene rings is 3. The van der Waals surface area contributed by atoms with Gasteiger partial charge in [-0.05, 0) is 64.9 Å². The average Bonchev–Trinajstić information content (AvgIpc) is 3.21. The van der Waals surface area contributed by atoms with Crippen molar-refractivity contribution >= 4 is 45.7 Å². The Morgan fingerprint density at radius 3 is 2.44 bits per heavy atom. The molecule has 4 rings (SSSR count). The molecule has 0 aliphatic carbocycles. The standard InChI is InChI=1S/C29H25ClFNO2/c1-18(2)15-24(23-13-12-22(31)17-25(23)30)29(27-16-21-5-3-4-6-26(21)32-27)20-10-7-19(8-11-20)9-14-28(33)34/h3-14,16-18,32H,15H2,1-2H3,(H,33,34)/b14-9+,29-24+. The molecule has 0 amide bonds. The molecule has 3 aromatic carbocycles. The van der Waals surface area contributed by atoms with Crippen LogP contribution in [0.1, 0.15) is 42.7 Å². The number of H-pyrrole nitrogens is 1. The van der Waals surface area contributed by atoms with E-state index in [1.807, 2.05) is 42.5 Å². The number of allylic oxidation sites excluding steroid dienone is 1. The summed E-state index contributed by atoms with van der Waals surface area (Å²) in [6, 6.07) is 22.4. The topological polar surface area (TPSA) is 53.1 Å². The molecule has 2 N–H and O–H groups in total. The van der Waals surface area contributed by atoms with Crippen LogP contribution in [0.3, 0.4) is 0 Å². The summed E-state index contributed by atoms with van der Waals surface area (Å²) in [5.74, 6) is -1.04. The van der Waals surface area contributed by atoms with Crippen LogP contribution in [0.15, 0.2) is 78.9 Å². The highest BCUT2D eigenvalue weighted by molar-refractivity contribution is 6.32. The molecule has 1 heterocycles. The quantitative estimate of drug-likeness (QED) is 0.210. The van der Waals surface area contributed by atoms with Gasteiger partial charge in [0.25, 0.3) is 0 Å². The first-order chi connectivity index (χ1) is 16.3. The monoisotopic (exact) mass is 473 g/mol. The van der Waals surface area contributed by atoms with Gasteiger partial charge in [-0.25, -0.2) is 9.18 Å². The van der Waals surface area contributed by atoms with Gasteiger partial charge in [-0.3, -0.25) is 0 Å². The summed E-state index contributed by atoms with van der Waals surface area (Å²) in [7, 11) is 0. The summed E-state index contributed by atoms with van der Waals surface area (Å²) in [5.41, 5.74) is 6.48. The molecule has 0 spiro atoms. The molecule has 0 aliphatic rings. The average molecular weight is 474 g/mol. The molecule has 4 aromatic rings. The predicted octanol–water partition coefficient (Wildman–Crippen LogP) is 8.06. The maximum Gasteiger partial charge on any atom is 0.328 e. The number of hydrogen-bond acceptors (Lipinski definition) is 1. The van der Waals surface area contributed by atoms with Crippen LogP contribution in [0, 0.1) is 11.7 Å². The molecule has 0 radical (unpaired) electrons. The minimum atomic E-state index is -0.993. The van der Waals surface area contributed by atoms with Crippen molar-refractivity contribution in [1.29, 1.82) is 0 Å². The predicted molar refractivity (Wildman–Crippen MR) is 138 cm³/mol. The smallest absolute Gasteiger partial charge is 0.328 e. The van der Waals surface area contributed by atoms with Gasteiger partial charge in [0.2, 0.25) is 0 Å². The van der Waals surface area contributed by atoms with Crippen molar-refractivity contribution in [3.8, 4) is 0 Å². The molecule has 0 saturated carbocycles. The Balaban J connectivity index is 1.98. The summed E-state index contributed by atoms with van der Waals surface area (Å²) in [5, 5.41) is 10.4. The number of rotatable bonds is 7. The maximum atomic E-state index is 13.9. The highest BCUT2D eigenvalue weighted by Crippen LogP contribution is 2.39. The molecule has 0 atom stereocenters. The lowest BCUT2D eigenvalue weighted by atomic mass is 9.87. The lowest BCUT2D eigenvalue weighted by molar-refractivity contribution is -0.131. The highest BCUT2D eigenvalue weighted by atomic mass is 35.5. The largest absolute Gasteiger partial charge is 0.478 e. The van der Waals surface area contributed by atoms with Crippen LogP contribution < -0.4 is 0 Å². The van der Waals surface area contributed by atoms with Crippen molar-refractivity contribution in [2.45, 2.75) is 20.3 Å². The van der Waals surface area contributed by atoms with Gasteiger partial charge in [0, 0.05) is 28.2 Å². The second-order valence-electron chi connectivity index (χ2n) is 8.64. The molecule has 0 saturated heterocycles. The third-order valence-electron chi connectivity index (χ3n) is 5.59. The Morgan fingerprint density at radius 1 is 1.06 bits per heavy atom. The number of aliphatic carboxylic acids is 1. The van der Waals surface area contributed by atoms with E-state index in [4.69, 9.17) is 16.7 Å². The maximum absolute atomic E-state index is 13.9. The van der Waals surface area contributed by atoms with Gasteiger partial charge >= 0.3 is 5.97 Å². The van der Waals surface area contributed by atoms with E-state index in [9.17, 15) is 9.18 Å². The van der Waals surface area contributed by atoms with E-state index in [1.165, 1.54) is 12.1 Å². The van der Waals surface area contributed by atoms with Crippen LogP contribution in [0.2, 0.25) is 5.02 Å². The fraction of sp³-hybridized carbons (Fsp3) is 0.138. The highest BCUT2D eigenvalue weighted by Gasteiger charge is 2.19. The van der Waals surface area contributed by atoms with E-state index in [0.29, 0.717) is 10.9 Å². The molecule has 3 nitrogen and oxygen atoms in total. The zero-order chi connectivity index (χ0) is 24.2. The van der Waals surface area contributed by atoms with Gasteiger partial charge in [0.1, 0.15) is 5.82 Å².